The van der Waals surface area contributed by atoms with E-state index in [0.717, 1.165) is 17.5 Å². The van der Waals surface area contributed by atoms with Gasteiger partial charge in [0.15, 0.2) is 11.5 Å². The van der Waals surface area contributed by atoms with Crippen molar-refractivity contribution in [2.75, 3.05) is 7.11 Å². The van der Waals surface area contributed by atoms with E-state index in [4.69, 9.17) is 4.74 Å². The molecule has 0 bridgehead atoms. The van der Waals surface area contributed by atoms with Crippen LogP contribution in [-0.4, -0.2) is 12.2 Å². The second-order valence-electron chi connectivity index (χ2n) is 3.97. The first-order valence-corrected chi connectivity index (χ1v) is 5.63. The summed E-state index contributed by atoms with van der Waals surface area (Å²) in [6.07, 6.45) is 9.44. The first kappa shape index (κ1) is 21.6. The van der Waals surface area contributed by atoms with E-state index in [0.29, 0.717) is 12.2 Å². The van der Waals surface area contributed by atoms with Gasteiger partial charge in [0.25, 0.3) is 0 Å². The van der Waals surface area contributed by atoms with Crippen LogP contribution in [0.1, 0.15) is 17.5 Å². The van der Waals surface area contributed by atoms with Gasteiger partial charge in [0.1, 0.15) is 0 Å². The Hall–Kier alpha value is -0.666. The number of rotatable bonds is 4. The van der Waals surface area contributed by atoms with Crippen molar-refractivity contribution in [2.45, 2.75) is 12.8 Å². The number of phenolic OH excluding ortho intramolecular Hbond substituents is 1. The van der Waals surface area contributed by atoms with E-state index in [2.05, 4.69) is 12.7 Å². The molecule has 0 aromatic heterocycles. The van der Waals surface area contributed by atoms with E-state index >= 15 is 0 Å². The zero-order valence-electron chi connectivity index (χ0n) is 11.2. The Morgan fingerprint density at radius 2 is 2.05 bits per heavy atom. The Morgan fingerprint density at radius 1 is 1.35 bits per heavy atom. The molecule has 0 fully saturated rings. The van der Waals surface area contributed by atoms with Crippen LogP contribution >= 0.6 is 0 Å². The molecule has 0 atom stereocenters. The summed E-state index contributed by atoms with van der Waals surface area (Å²) in [6.45, 7) is 3.68. The van der Waals surface area contributed by atoms with Crippen molar-refractivity contribution in [3.63, 3.8) is 0 Å². The number of halogens is 2. The predicted octanol–water partition coefficient (Wildman–Crippen LogP) is -2.52. The Labute approximate surface area is 147 Å². The Balaban J connectivity index is 0. The molecule has 0 radical (unpaired) electrons. The number of methoxy groups -OCH3 is 1. The summed E-state index contributed by atoms with van der Waals surface area (Å²) in [6, 6.07) is 3.92. The maximum Gasteiger partial charge on any atom is 2.00 e. The number of hydrogen-bond donors (Lipinski definition) is 1. The Kier molecular flexibility index (Phi) is 10.9. The summed E-state index contributed by atoms with van der Waals surface area (Å²) in [5, 5.41) is 10.1. The summed E-state index contributed by atoms with van der Waals surface area (Å²) >= 11 is 0. The summed E-state index contributed by atoms with van der Waals surface area (Å²) in [4.78, 5) is 0. The molecular formula is C15H16Cl2O2Ti. The van der Waals surface area contributed by atoms with Crippen LogP contribution in [0.2, 0.25) is 0 Å². The summed E-state index contributed by atoms with van der Waals surface area (Å²) in [5.41, 5.74) is 2.97. The van der Waals surface area contributed by atoms with Gasteiger partial charge < -0.3 is 34.7 Å². The first-order valence-electron chi connectivity index (χ1n) is 5.63. The summed E-state index contributed by atoms with van der Waals surface area (Å²) < 4.78 is 5.32. The molecular weight excluding hydrogens is 331 g/mol. The van der Waals surface area contributed by atoms with E-state index in [1.54, 1.807) is 13.2 Å². The molecule has 1 N–H and O–H groups in total. The van der Waals surface area contributed by atoms with Crippen molar-refractivity contribution in [3.05, 3.63) is 54.1 Å². The SMILES string of the molecule is C=CCc1ccc(C2=CC=CC2)c(OC)c1O.[Cl-].[Cl-].[Ti+2]. The number of hydrogen-bond acceptors (Lipinski definition) is 2. The third kappa shape index (κ3) is 4.42. The van der Waals surface area contributed by atoms with Gasteiger partial charge in [-0.25, -0.2) is 0 Å². The van der Waals surface area contributed by atoms with Crippen LogP contribution < -0.4 is 29.6 Å². The van der Waals surface area contributed by atoms with Crippen molar-refractivity contribution >= 4 is 5.57 Å². The second kappa shape index (κ2) is 10.1. The average molecular weight is 347 g/mol. The van der Waals surface area contributed by atoms with Gasteiger partial charge in [-0.3, -0.25) is 0 Å². The van der Waals surface area contributed by atoms with Gasteiger partial charge in [-0.1, -0.05) is 36.4 Å². The fourth-order valence-electron chi connectivity index (χ4n) is 2.04. The minimum absolute atomic E-state index is 0. The van der Waals surface area contributed by atoms with Crippen molar-refractivity contribution < 1.29 is 56.4 Å². The number of ether oxygens (including phenoxy) is 1. The molecule has 1 aromatic rings. The van der Waals surface area contributed by atoms with Gasteiger partial charge in [-0.15, -0.1) is 6.58 Å². The summed E-state index contributed by atoms with van der Waals surface area (Å²) in [7, 11) is 1.58. The van der Waals surface area contributed by atoms with E-state index in [1.807, 2.05) is 24.3 Å². The predicted molar refractivity (Wildman–Crippen MR) is 70.3 cm³/mol. The van der Waals surface area contributed by atoms with Gasteiger partial charge in [-0.05, 0) is 18.4 Å². The van der Waals surface area contributed by atoms with Crippen molar-refractivity contribution in [3.8, 4) is 11.5 Å². The third-order valence-corrected chi connectivity index (χ3v) is 2.90. The fraction of sp³-hybridized carbons (Fsp3) is 0.200. The molecule has 1 aromatic carbocycles. The third-order valence-electron chi connectivity index (χ3n) is 2.90. The smallest absolute Gasteiger partial charge is 1.00 e. The molecule has 0 spiro atoms. The van der Waals surface area contributed by atoms with Crippen molar-refractivity contribution in [1.82, 2.24) is 0 Å². The Bertz CT molecular complexity index is 511. The average Bonchev–Trinajstić information content (AvgIpc) is 2.85. The van der Waals surface area contributed by atoms with Gasteiger partial charge in [0.05, 0.1) is 7.11 Å². The van der Waals surface area contributed by atoms with E-state index in [-0.39, 0.29) is 52.3 Å². The molecule has 1 aliphatic carbocycles. The standard InChI is InChI=1S/C15H16O2.2ClH.Ti/c1-3-6-12-9-10-13(11-7-4-5-8-11)15(17-2)14(12)16;;;/h3-5,7,9-10,16H,1,6,8H2,2H3;2*1H;/q;;;+2/p-2. The molecule has 0 heterocycles. The van der Waals surface area contributed by atoms with Crippen LogP contribution in [0.3, 0.4) is 0 Å². The van der Waals surface area contributed by atoms with Crippen LogP contribution in [0.15, 0.2) is 43.0 Å². The van der Waals surface area contributed by atoms with Gasteiger partial charge >= 0.3 is 21.7 Å². The molecule has 0 saturated heterocycles. The number of phenols is 1. The second-order valence-corrected chi connectivity index (χ2v) is 3.97. The van der Waals surface area contributed by atoms with E-state index in [9.17, 15) is 5.11 Å². The summed E-state index contributed by atoms with van der Waals surface area (Å²) in [5.74, 6) is 0.775. The molecule has 0 aliphatic heterocycles. The van der Waals surface area contributed by atoms with Crippen molar-refractivity contribution in [1.29, 1.82) is 0 Å². The minimum Gasteiger partial charge on any atom is -1.00 e. The number of aromatic hydroxyl groups is 1. The monoisotopic (exact) mass is 346 g/mol. The van der Waals surface area contributed by atoms with E-state index in [1.165, 1.54) is 5.57 Å². The largest absolute Gasteiger partial charge is 2.00 e. The van der Waals surface area contributed by atoms with Crippen LogP contribution in [0.25, 0.3) is 5.57 Å². The molecule has 0 unspecified atom stereocenters. The number of allylic oxidation sites excluding steroid dienone is 5. The quantitative estimate of drug-likeness (QED) is 0.481. The van der Waals surface area contributed by atoms with Gasteiger partial charge in [-0.2, -0.15) is 0 Å². The fourth-order valence-corrected chi connectivity index (χ4v) is 2.04. The maximum absolute atomic E-state index is 10.1. The molecule has 0 amide bonds. The number of benzene rings is 1. The first-order chi connectivity index (χ1) is 8.27. The van der Waals surface area contributed by atoms with Crippen LogP contribution in [0, 0.1) is 0 Å². The molecule has 2 nitrogen and oxygen atoms in total. The van der Waals surface area contributed by atoms with Crippen LogP contribution in [0.4, 0.5) is 0 Å². The maximum atomic E-state index is 10.1. The normalized spacial score (nSPS) is 11.6. The molecule has 2 rings (SSSR count). The molecule has 106 valence electrons. The van der Waals surface area contributed by atoms with Gasteiger partial charge in [0.2, 0.25) is 0 Å². The zero-order valence-corrected chi connectivity index (χ0v) is 14.3. The van der Waals surface area contributed by atoms with Crippen LogP contribution in [-0.2, 0) is 28.1 Å². The van der Waals surface area contributed by atoms with Gasteiger partial charge in [0, 0.05) is 11.1 Å². The van der Waals surface area contributed by atoms with Crippen LogP contribution in [0.5, 0.6) is 11.5 Å². The molecule has 0 saturated carbocycles. The molecule has 5 heteroatoms. The molecule has 1 aliphatic rings. The topological polar surface area (TPSA) is 29.5 Å². The Morgan fingerprint density at radius 3 is 2.55 bits per heavy atom. The zero-order chi connectivity index (χ0) is 12.3. The van der Waals surface area contributed by atoms with Crippen molar-refractivity contribution in [2.24, 2.45) is 0 Å². The molecule has 20 heavy (non-hydrogen) atoms. The van der Waals surface area contributed by atoms with E-state index < -0.39 is 0 Å². The minimum atomic E-state index is 0.